The van der Waals surface area contributed by atoms with Gasteiger partial charge in [-0.25, -0.2) is 0 Å². The van der Waals surface area contributed by atoms with E-state index in [1.54, 1.807) is 36.4 Å². The summed E-state index contributed by atoms with van der Waals surface area (Å²) in [5.41, 5.74) is 5.25. The largest absolute Gasteiger partial charge is 0.324 e. The van der Waals surface area contributed by atoms with Crippen molar-refractivity contribution in [1.82, 2.24) is 0 Å². The first-order valence-electron chi connectivity index (χ1n) is 5.85. The van der Waals surface area contributed by atoms with Gasteiger partial charge in [-0.3, -0.25) is 10.6 Å². The highest BCUT2D eigenvalue weighted by atomic mass is 35.5. The van der Waals surface area contributed by atoms with E-state index < -0.39 is 0 Å². The number of benzene rings is 2. The molecule has 2 rings (SSSR count). The van der Waals surface area contributed by atoms with Gasteiger partial charge in [0.15, 0.2) is 0 Å². The Morgan fingerprint density at radius 2 is 1.75 bits per heavy atom. The number of hydrogen-bond acceptors (Lipinski definition) is 3. The highest BCUT2D eigenvalue weighted by Gasteiger charge is 2.10. The maximum atomic E-state index is 12.2. The second kappa shape index (κ2) is 6.13. The number of halogens is 2. The fourth-order valence-electron chi connectivity index (χ4n) is 1.78. The zero-order chi connectivity index (χ0) is 14.7. The molecule has 104 valence electrons. The van der Waals surface area contributed by atoms with Crippen LogP contribution in [-0.4, -0.2) is 5.91 Å². The van der Waals surface area contributed by atoms with Crippen LogP contribution in [0, 0.1) is 6.92 Å². The molecule has 0 aromatic heterocycles. The standard InChI is InChI=1S/C14H13Cl2N3O/c1-8-6-10(19-17)2-4-11(8)14(20)18-9-3-5-12(15)13(16)7-9/h2-7,19H,17H2,1H3,(H,18,20). The average molecular weight is 310 g/mol. The van der Waals surface area contributed by atoms with Crippen molar-refractivity contribution in [2.24, 2.45) is 5.84 Å². The van der Waals surface area contributed by atoms with E-state index in [2.05, 4.69) is 10.7 Å². The lowest BCUT2D eigenvalue weighted by Crippen LogP contribution is -2.14. The number of hydrazine groups is 1. The van der Waals surface area contributed by atoms with Crippen LogP contribution in [0.5, 0.6) is 0 Å². The minimum Gasteiger partial charge on any atom is -0.324 e. The highest BCUT2D eigenvalue weighted by molar-refractivity contribution is 6.42. The molecule has 0 heterocycles. The van der Waals surface area contributed by atoms with Crippen molar-refractivity contribution < 1.29 is 4.79 Å². The molecule has 2 aromatic carbocycles. The van der Waals surface area contributed by atoms with Crippen LogP contribution in [0.4, 0.5) is 11.4 Å². The van der Waals surface area contributed by atoms with Crippen molar-refractivity contribution >= 4 is 40.5 Å². The average Bonchev–Trinajstić information content (AvgIpc) is 2.42. The molecule has 0 unspecified atom stereocenters. The Bertz CT molecular complexity index is 659. The summed E-state index contributed by atoms with van der Waals surface area (Å²) < 4.78 is 0. The summed E-state index contributed by atoms with van der Waals surface area (Å²) in [6.07, 6.45) is 0. The minimum absolute atomic E-state index is 0.218. The van der Waals surface area contributed by atoms with Gasteiger partial charge in [0.1, 0.15) is 0 Å². The zero-order valence-electron chi connectivity index (χ0n) is 10.7. The summed E-state index contributed by atoms with van der Waals surface area (Å²) in [4.78, 5) is 12.2. The number of nitrogen functional groups attached to an aromatic ring is 1. The first-order chi connectivity index (χ1) is 9.51. The summed E-state index contributed by atoms with van der Waals surface area (Å²) in [5.74, 6) is 5.10. The predicted molar refractivity (Wildman–Crippen MR) is 83.4 cm³/mol. The van der Waals surface area contributed by atoms with Crippen LogP contribution in [-0.2, 0) is 0 Å². The molecule has 0 spiro atoms. The fraction of sp³-hybridized carbons (Fsp3) is 0.0714. The van der Waals surface area contributed by atoms with Gasteiger partial charge in [-0.05, 0) is 48.9 Å². The Morgan fingerprint density at radius 3 is 2.35 bits per heavy atom. The third-order valence-corrected chi connectivity index (χ3v) is 3.55. The molecule has 0 aliphatic rings. The highest BCUT2D eigenvalue weighted by Crippen LogP contribution is 2.25. The van der Waals surface area contributed by atoms with E-state index in [9.17, 15) is 4.79 Å². The fourth-order valence-corrected chi connectivity index (χ4v) is 2.08. The predicted octanol–water partition coefficient (Wildman–Crippen LogP) is 3.84. The summed E-state index contributed by atoms with van der Waals surface area (Å²) >= 11 is 11.7. The lowest BCUT2D eigenvalue weighted by atomic mass is 10.1. The van der Waals surface area contributed by atoms with Crippen LogP contribution in [0.25, 0.3) is 0 Å². The Balaban J connectivity index is 2.21. The topological polar surface area (TPSA) is 67.1 Å². The van der Waals surface area contributed by atoms with E-state index in [4.69, 9.17) is 29.0 Å². The molecule has 6 heteroatoms. The summed E-state index contributed by atoms with van der Waals surface area (Å²) in [6.45, 7) is 1.84. The van der Waals surface area contributed by atoms with Gasteiger partial charge in [0.05, 0.1) is 10.0 Å². The lowest BCUT2D eigenvalue weighted by molar-refractivity contribution is 0.102. The first kappa shape index (κ1) is 14.7. The second-order valence-electron chi connectivity index (χ2n) is 4.26. The van der Waals surface area contributed by atoms with E-state index in [1.807, 2.05) is 6.92 Å². The summed E-state index contributed by atoms with van der Waals surface area (Å²) in [5, 5.41) is 3.61. The molecule has 0 radical (unpaired) electrons. The number of carbonyl (C=O) groups excluding carboxylic acids is 1. The first-order valence-corrected chi connectivity index (χ1v) is 6.60. The van der Waals surface area contributed by atoms with Gasteiger partial charge in [0, 0.05) is 16.9 Å². The lowest BCUT2D eigenvalue weighted by Gasteiger charge is -2.10. The maximum absolute atomic E-state index is 12.2. The molecule has 0 bridgehead atoms. The molecular formula is C14H13Cl2N3O. The smallest absolute Gasteiger partial charge is 0.255 e. The molecule has 0 aliphatic heterocycles. The molecule has 20 heavy (non-hydrogen) atoms. The Labute approximate surface area is 126 Å². The van der Waals surface area contributed by atoms with Crippen LogP contribution in [0.2, 0.25) is 10.0 Å². The van der Waals surface area contributed by atoms with E-state index in [0.717, 1.165) is 11.3 Å². The monoisotopic (exact) mass is 309 g/mol. The number of carbonyl (C=O) groups is 1. The number of hydrogen-bond donors (Lipinski definition) is 3. The minimum atomic E-state index is -0.218. The van der Waals surface area contributed by atoms with Crippen molar-refractivity contribution in [3.8, 4) is 0 Å². The van der Waals surface area contributed by atoms with Crippen molar-refractivity contribution in [1.29, 1.82) is 0 Å². The normalized spacial score (nSPS) is 10.2. The molecule has 0 saturated carbocycles. The Kier molecular flexibility index (Phi) is 4.49. The van der Waals surface area contributed by atoms with Gasteiger partial charge in [0.25, 0.3) is 5.91 Å². The van der Waals surface area contributed by atoms with E-state index in [1.165, 1.54) is 0 Å². The van der Waals surface area contributed by atoms with Crippen molar-refractivity contribution in [3.63, 3.8) is 0 Å². The molecule has 0 saturated heterocycles. The number of aryl methyl sites for hydroxylation is 1. The Hall–Kier alpha value is -1.75. The van der Waals surface area contributed by atoms with Gasteiger partial charge in [0.2, 0.25) is 0 Å². The maximum Gasteiger partial charge on any atom is 0.255 e. The zero-order valence-corrected chi connectivity index (χ0v) is 12.2. The van der Waals surface area contributed by atoms with Gasteiger partial charge in [-0.2, -0.15) is 0 Å². The van der Waals surface area contributed by atoms with Crippen LogP contribution in [0.3, 0.4) is 0 Å². The van der Waals surface area contributed by atoms with Crippen LogP contribution >= 0.6 is 23.2 Å². The third-order valence-electron chi connectivity index (χ3n) is 2.82. The van der Waals surface area contributed by atoms with Crippen LogP contribution < -0.4 is 16.6 Å². The summed E-state index contributed by atoms with van der Waals surface area (Å²) in [6, 6.07) is 10.2. The Morgan fingerprint density at radius 1 is 1.05 bits per heavy atom. The number of rotatable bonds is 3. The third kappa shape index (κ3) is 3.22. The molecule has 0 aliphatic carbocycles. The van der Waals surface area contributed by atoms with E-state index in [-0.39, 0.29) is 5.91 Å². The molecule has 0 fully saturated rings. The van der Waals surface area contributed by atoms with Crippen molar-refractivity contribution in [3.05, 3.63) is 57.6 Å². The summed E-state index contributed by atoms with van der Waals surface area (Å²) in [7, 11) is 0. The van der Waals surface area contributed by atoms with Crippen molar-refractivity contribution in [2.45, 2.75) is 6.92 Å². The molecule has 2 aromatic rings. The SMILES string of the molecule is Cc1cc(NN)ccc1C(=O)Nc1ccc(Cl)c(Cl)c1. The molecule has 4 N–H and O–H groups in total. The van der Waals surface area contributed by atoms with Gasteiger partial charge in [-0.1, -0.05) is 23.2 Å². The number of amides is 1. The number of nitrogens with two attached hydrogens (primary N) is 1. The van der Waals surface area contributed by atoms with Crippen LogP contribution in [0.15, 0.2) is 36.4 Å². The number of anilines is 2. The molecule has 1 amide bonds. The molecular weight excluding hydrogens is 297 g/mol. The number of nitrogens with one attached hydrogen (secondary N) is 2. The van der Waals surface area contributed by atoms with Crippen molar-refractivity contribution in [2.75, 3.05) is 10.7 Å². The van der Waals surface area contributed by atoms with Gasteiger partial charge < -0.3 is 10.7 Å². The quantitative estimate of drug-likeness (QED) is 0.596. The molecule has 4 nitrogen and oxygen atoms in total. The van der Waals surface area contributed by atoms with Crippen LogP contribution in [0.1, 0.15) is 15.9 Å². The molecule has 0 atom stereocenters. The van der Waals surface area contributed by atoms with Gasteiger partial charge >= 0.3 is 0 Å². The van der Waals surface area contributed by atoms with Gasteiger partial charge in [-0.15, -0.1) is 0 Å². The van der Waals surface area contributed by atoms with E-state index >= 15 is 0 Å². The van der Waals surface area contributed by atoms with E-state index in [0.29, 0.717) is 21.3 Å². The second-order valence-corrected chi connectivity index (χ2v) is 5.07.